The molecular weight excluding hydrogens is 348 g/mol. The molecule has 1 N–H and O–H groups in total. The minimum Gasteiger partial charge on any atom is -0.496 e. The lowest BCUT2D eigenvalue weighted by Crippen LogP contribution is -2.54. The van der Waals surface area contributed by atoms with Gasteiger partial charge in [-0.3, -0.25) is 4.79 Å². The van der Waals surface area contributed by atoms with Gasteiger partial charge >= 0.3 is 0 Å². The summed E-state index contributed by atoms with van der Waals surface area (Å²) in [6.07, 6.45) is 6.67. The summed E-state index contributed by atoms with van der Waals surface area (Å²) in [6.45, 7) is 6.17. The van der Waals surface area contributed by atoms with Gasteiger partial charge in [-0.1, -0.05) is 18.6 Å². The highest BCUT2D eigenvalue weighted by atomic mass is 35.5. The topological polar surface area (TPSA) is 41.6 Å². The first kappa shape index (κ1) is 19.5. The Labute approximate surface area is 163 Å². The van der Waals surface area contributed by atoms with Crippen LogP contribution in [0.15, 0.2) is 18.2 Å². The van der Waals surface area contributed by atoms with Gasteiger partial charge in [-0.25, -0.2) is 0 Å². The van der Waals surface area contributed by atoms with Gasteiger partial charge in [0.25, 0.3) is 0 Å². The molecule has 4 nitrogen and oxygen atoms in total. The van der Waals surface area contributed by atoms with Crippen molar-refractivity contribution in [2.45, 2.75) is 50.9 Å². The third-order valence-electron chi connectivity index (χ3n) is 7.02. The maximum Gasteiger partial charge on any atom is 0.233 e. The fraction of sp³-hybridized carbons (Fsp3) is 0.667. The van der Waals surface area contributed by atoms with E-state index in [0.29, 0.717) is 11.3 Å². The minimum absolute atomic E-state index is 0. The van der Waals surface area contributed by atoms with Crippen LogP contribution in [0.5, 0.6) is 5.75 Å². The molecule has 26 heavy (non-hydrogen) atoms. The van der Waals surface area contributed by atoms with Crippen molar-refractivity contribution < 1.29 is 9.53 Å². The number of nitrogens with zero attached hydrogens (tertiary/aromatic N) is 1. The molecule has 0 atom stereocenters. The molecule has 1 saturated carbocycles. The number of benzene rings is 1. The maximum absolute atomic E-state index is 13.5. The lowest BCUT2D eigenvalue weighted by molar-refractivity contribution is -0.143. The summed E-state index contributed by atoms with van der Waals surface area (Å²) >= 11 is 0. The second kappa shape index (κ2) is 7.40. The average molecular weight is 379 g/mol. The average Bonchev–Trinajstić information content (AvgIpc) is 3.04. The van der Waals surface area contributed by atoms with E-state index in [1.807, 2.05) is 0 Å². The zero-order valence-electron chi connectivity index (χ0n) is 16.0. The third kappa shape index (κ3) is 3.11. The monoisotopic (exact) mass is 378 g/mol. The summed E-state index contributed by atoms with van der Waals surface area (Å²) in [5.74, 6) is 1.25. The van der Waals surface area contributed by atoms with Crippen LogP contribution in [0.2, 0.25) is 0 Å². The predicted molar refractivity (Wildman–Crippen MR) is 106 cm³/mol. The quantitative estimate of drug-likeness (QED) is 0.875. The number of carbonyl (C=O) groups is 1. The summed E-state index contributed by atoms with van der Waals surface area (Å²) < 4.78 is 5.51. The van der Waals surface area contributed by atoms with Crippen molar-refractivity contribution in [3.8, 4) is 5.75 Å². The van der Waals surface area contributed by atoms with Crippen molar-refractivity contribution in [2.75, 3.05) is 33.3 Å². The van der Waals surface area contributed by atoms with Gasteiger partial charge in [0.15, 0.2) is 0 Å². The van der Waals surface area contributed by atoms with Crippen LogP contribution in [0.1, 0.15) is 49.7 Å². The van der Waals surface area contributed by atoms with E-state index in [2.05, 4.69) is 35.3 Å². The van der Waals surface area contributed by atoms with E-state index in [9.17, 15) is 4.79 Å². The van der Waals surface area contributed by atoms with Crippen LogP contribution < -0.4 is 10.1 Å². The number of likely N-dealkylation sites (tertiary alicyclic amines) is 1. The van der Waals surface area contributed by atoms with E-state index in [-0.39, 0.29) is 17.8 Å². The largest absolute Gasteiger partial charge is 0.496 e. The Morgan fingerprint density at radius 3 is 2.42 bits per heavy atom. The highest BCUT2D eigenvalue weighted by Crippen LogP contribution is 2.47. The molecule has 0 bridgehead atoms. The standard InChI is InChI=1S/C21H30N2O2.ClH/c1-16-4-5-17(14-18(16)25-2)21(6-3-7-21)19(24)23-12-9-20(10-13-23)8-11-22-15-20;/h4-5,14,22H,3,6-13,15H2,1-2H3;1H. The van der Waals surface area contributed by atoms with E-state index in [4.69, 9.17) is 4.74 Å². The summed E-state index contributed by atoms with van der Waals surface area (Å²) in [4.78, 5) is 15.6. The molecule has 1 amide bonds. The highest BCUT2D eigenvalue weighted by molar-refractivity contribution is 5.89. The number of ether oxygens (including phenoxy) is 1. The molecule has 144 valence electrons. The highest BCUT2D eigenvalue weighted by Gasteiger charge is 2.49. The molecule has 1 aromatic carbocycles. The SMILES string of the molecule is COc1cc(C2(C(=O)N3CCC4(CCNC4)CC3)CCC2)ccc1C.Cl. The fourth-order valence-electron chi connectivity index (χ4n) is 4.98. The number of nitrogens with one attached hydrogen (secondary N) is 1. The predicted octanol–water partition coefficient (Wildman–Crippen LogP) is 3.45. The summed E-state index contributed by atoms with van der Waals surface area (Å²) in [5.41, 5.74) is 2.42. The van der Waals surface area contributed by atoms with E-state index in [1.165, 1.54) is 6.42 Å². The maximum atomic E-state index is 13.5. The van der Waals surface area contributed by atoms with E-state index < -0.39 is 0 Å². The van der Waals surface area contributed by atoms with Crippen molar-refractivity contribution in [2.24, 2.45) is 5.41 Å². The molecule has 1 aromatic rings. The van der Waals surface area contributed by atoms with E-state index in [0.717, 1.165) is 75.2 Å². The summed E-state index contributed by atoms with van der Waals surface area (Å²) in [6, 6.07) is 6.33. The number of rotatable bonds is 3. The van der Waals surface area contributed by atoms with Crippen LogP contribution >= 0.6 is 12.4 Å². The molecule has 3 fully saturated rings. The van der Waals surface area contributed by atoms with Gasteiger partial charge in [-0.2, -0.15) is 0 Å². The third-order valence-corrected chi connectivity index (χ3v) is 7.02. The smallest absolute Gasteiger partial charge is 0.233 e. The second-order valence-electron chi connectivity index (χ2n) is 8.34. The van der Waals surface area contributed by atoms with Gasteiger partial charge in [0, 0.05) is 19.6 Å². The number of aryl methyl sites for hydroxylation is 1. The van der Waals surface area contributed by atoms with Crippen LogP contribution in [0, 0.1) is 12.3 Å². The molecule has 0 aromatic heterocycles. The number of piperidine rings is 1. The zero-order chi connectivity index (χ0) is 17.5. The lowest BCUT2D eigenvalue weighted by Gasteiger charge is -2.47. The van der Waals surface area contributed by atoms with Gasteiger partial charge in [-0.05, 0) is 68.2 Å². The summed E-state index contributed by atoms with van der Waals surface area (Å²) in [5, 5.41) is 3.51. The van der Waals surface area contributed by atoms with Crippen molar-refractivity contribution in [3.63, 3.8) is 0 Å². The number of hydrogen-bond acceptors (Lipinski definition) is 3. The molecule has 2 heterocycles. The van der Waals surface area contributed by atoms with Gasteiger partial charge in [0.05, 0.1) is 12.5 Å². The number of methoxy groups -OCH3 is 1. The molecular formula is C21H31ClN2O2. The fourth-order valence-corrected chi connectivity index (χ4v) is 4.98. The zero-order valence-corrected chi connectivity index (χ0v) is 16.8. The Bertz CT molecular complexity index is 656. The molecule has 1 spiro atoms. The first-order valence-electron chi connectivity index (χ1n) is 9.74. The molecule has 5 heteroatoms. The number of hydrogen-bond donors (Lipinski definition) is 1. The Hall–Kier alpha value is -1.26. The molecule has 3 aliphatic rings. The minimum atomic E-state index is -0.306. The first-order chi connectivity index (χ1) is 12.1. The molecule has 4 rings (SSSR count). The Kier molecular flexibility index (Phi) is 5.55. The van der Waals surface area contributed by atoms with Crippen LogP contribution in [0.3, 0.4) is 0 Å². The van der Waals surface area contributed by atoms with E-state index >= 15 is 0 Å². The molecule has 0 unspecified atom stereocenters. The second-order valence-corrected chi connectivity index (χ2v) is 8.34. The Morgan fingerprint density at radius 1 is 1.15 bits per heavy atom. The van der Waals surface area contributed by atoms with Crippen molar-refractivity contribution in [3.05, 3.63) is 29.3 Å². The van der Waals surface area contributed by atoms with Gasteiger partial charge in [-0.15, -0.1) is 12.4 Å². The first-order valence-corrected chi connectivity index (χ1v) is 9.74. The summed E-state index contributed by atoms with van der Waals surface area (Å²) in [7, 11) is 1.71. The lowest BCUT2D eigenvalue weighted by atomic mass is 9.63. The molecule has 2 aliphatic heterocycles. The number of amides is 1. The normalized spacial score (nSPS) is 23.2. The van der Waals surface area contributed by atoms with Crippen LogP contribution in [-0.2, 0) is 10.2 Å². The van der Waals surface area contributed by atoms with Gasteiger partial charge in [0.1, 0.15) is 5.75 Å². The van der Waals surface area contributed by atoms with Crippen molar-refractivity contribution in [1.29, 1.82) is 0 Å². The van der Waals surface area contributed by atoms with Gasteiger partial charge in [0.2, 0.25) is 5.91 Å². The van der Waals surface area contributed by atoms with Gasteiger partial charge < -0.3 is 15.0 Å². The van der Waals surface area contributed by atoms with Crippen LogP contribution in [0.25, 0.3) is 0 Å². The molecule has 2 saturated heterocycles. The van der Waals surface area contributed by atoms with Crippen LogP contribution in [0.4, 0.5) is 0 Å². The van der Waals surface area contributed by atoms with E-state index in [1.54, 1.807) is 7.11 Å². The molecule has 0 radical (unpaired) electrons. The van der Waals surface area contributed by atoms with Crippen molar-refractivity contribution in [1.82, 2.24) is 10.2 Å². The Balaban J connectivity index is 0.00000196. The molecule has 1 aliphatic carbocycles. The van der Waals surface area contributed by atoms with Crippen molar-refractivity contribution >= 4 is 18.3 Å². The number of halogens is 1. The number of carbonyl (C=O) groups excluding carboxylic acids is 1. The van der Waals surface area contributed by atoms with Crippen LogP contribution in [-0.4, -0.2) is 44.1 Å². The Morgan fingerprint density at radius 2 is 1.88 bits per heavy atom.